The SMILES string of the molecule is COc1cc(CNC(=O)c2cccc(NS(C)(=O)=O)c2)cc(OC)c1OC. The molecule has 0 aromatic heterocycles. The highest BCUT2D eigenvalue weighted by atomic mass is 32.2. The van der Waals surface area contributed by atoms with Gasteiger partial charge in [0.25, 0.3) is 5.91 Å². The van der Waals surface area contributed by atoms with Gasteiger partial charge in [-0.1, -0.05) is 6.07 Å². The second kappa shape index (κ2) is 8.63. The molecule has 2 aromatic carbocycles. The van der Waals surface area contributed by atoms with Crippen molar-refractivity contribution in [3.8, 4) is 17.2 Å². The summed E-state index contributed by atoms with van der Waals surface area (Å²) in [6.07, 6.45) is 1.05. The molecule has 2 N–H and O–H groups in total. The first-order valence-corrected chi connectivity index (χ1v) is 9.81. The van der Waals surface area contributed by atoms with Crippen molar-refractivity contribution in [2.75, 3.05) is 32.3 Å². The predicted molar refractivity (Wildman–Crippen MR) is 102 cm³/mol. The summed E-state index contributed by atoms with van der Waals surface area (Å²) in [6, 6.07) is 9.70. The number of carbonyl (C=O) groups is 1. The smallest absolute Gasteiger partial charge is 0.251 e. The number of hydrogen-bond donors (Lipinski definition) is 2. The topological polar surface area (TPSA) is 103 Å². The van der Waals surface area contributed by atoms with Gasteiger partial charge in [-0.2, -0.15) is 0 Å². The van der Waals surface area contributed by atoms with Crippen molar-refractivity contribution < 1.29 is 27.4 Å². The molecule has 1 amide bonds. The number of benzene rings is 2. The molecule has 8 nitrogen and oxygen atoms in total. The molecular formula is C18H22N2O6S. The molecular weight excluding hydrogens is 372 g/mol. The Kier molecular flexibility index (Phi) is 6.51. The minimum Gasteiger partial charge on any atom is -0.493 e. The van der Waals surface area contributed by atoms with E-state index in [0.29, 0.717) is 28.5 Å². The summed E-state index contributed by atoms with van der Waals surface area (Å²) in [5.41, 5.74) is 1.40. The zero-order chi connectivity index (χ0) is 20.0. The number of rotatable bonds is 8. The highest BCUT2D eigenvalue weighted by Crippen LogP contribution is 2.38. The Hall–Kier alpha value is -2.94. The fraction of sp³-hybridized carbons (Fsp3) is 0.278. The summed E-state index contributed by atoms with van der Waals surface area (Å²) in [6.45, 7) is 0.222. The van der Waals surface area contributed by atoms with Crippen molar-refractivity contribution in [1.82, 2.24) is 5.32 Å². The molecule has 0 unspecified atom stereocenters. The Labute approximate surface area is 158 Å². The van der Waals surface area contributed by atoms with Crippen LogP contribution in [0.2, 0.25) is 0 Å². The molecule has 0 atom stereocenters. The van der Waals surface area contributed by atoms with E-state index in [9.17, 15) is 13.2 Å². The van der Waals surface area contributed by atoms with E-state index in [1.54, 1.807) is 30.3 Å². The summed E-state index contributed by atoms with van der Waals surface area (Å²) in [5, 5.41) is 2.78. The molecule has 146 valence electrons. The Balaban J connectivity index is 2.15. The van der Waals surface area contributed by atoms with E-state index in [-0.39, 0.29) is 12.5 Å². The molecule has 0 heterocycles. The minimum atomic E-state index is -3.42. The van der Waals surface area contributed by atoms with Crippen LogP contribution in [0.25, 0.3) is 0 Å². The van der Waals surface area contributed by atoms with Gasteiger partial charge in [-0.05, 0) is 35.9 Å². The van der Waals surface area contributed by atoms with Gasteiger partial charge in [-0.25, -0.2) is 8.42 Å². The van der Waals surface area contributed by atoms with Gasteiger partial charge in [0.1, 0.15) is 0 Å². The van der Waals surface area contributed by atoms with E-state index in [0.717, 1.165) is 11.8 Å². The van der Waals surface area contributed by atoms with Crippen molar-refractivity contribution >= 4 is 21.6 Å². The fourth-order valence-corrected chi connectivity index (χ4v) is 3.01. The van der Waals surface area contributed by atoms with Gasteiger partial charge in [0.15, 0.2) is 11.5 Å². The Morgan fingerprint density at radius 2 is 1.63 bits per heavy atom. The number of hydrogen-bond acceptors (Lipinski definition) is 6. The van der Waals surface area contributed by atoms with Crippen LogP contribution in [0.4, 0.5) is 5.69 Å². The van der Waals surface area contributed by atoms with E-state index in [2.05, 4.69) is 10.0 Å². The average Bonchev–Trinajstić information content (AvgIpc) is 2.63. The van der Waals surface area contributed by atoms with Crippen LogP contribution in [0.15, 0.2) is 36.4 Å². The lowest BCUT2D eigenvalue weighted by molar-refractivity contribution is 0.0951. The zero-order valence-electron chi connectivity index (χ0n) is 15.5. The normalized spacial score (nSPS) is 10.8. The molecule has 0 saturated carbocycles. The summed E-state index contributed by atoms with van der Waals surface area (Å²) in [4.78, 5) is 12.4. The Morgan fingerprint density at radius 3 is 2.15 bits per heavy atom. The fourth-order valence-electron chi connectivity index (χ4n) is 2.46. The Morgan fingerprint density at radius 1 is 1.00 bits per heavy atom. The standard InChI is InChI=1S/C18H22N2O6S/c1-24-15-8-12(9-16(25-2)17(15)26-3)11-19-18(21)13-6-5-7-14(10-13)20-27(4,22)23/h5-10,20H,11H2,1-4H3,(H,19,21). The van der Waals surface area contributed by atoms with Crippen LogP contribution >= 0.6 is 0 Å². The van der Waals surface area contributed by atoms with Gasteiger partial charge in [0.05, 0.1) is 27.6 Å². The lowest BCUT2D eigenvalue weighted by Crippen LogP contribution is -2.23. The maximum atomic E-state index is 12.4. The first-order chi connectivity index (χ1) is 12.8. The van der Waals surface area contributed by atoms with Gasteiger partial charge in [-0.15, -0.1) is 0 Å². The predicted octanol–water partition coefficient (Wildman–Crippen LogP) is 2.01. The van der Waals surface area contributed by atoms with E-state index >= 15 is 0 Å². The lowest BCUT2D eigenvalue weighted by atomic mass is 10.1. The number of amides is 1. The Bertz CT molecular complexity index is 902. The minimum absolute atomic E-state index is 0.222. The van der Waals surface area contributed by atoms with Crippen molar-refractivity contribution in [1.29, 1.82) is 0 Å². The summed E-state index contributed by atoms with van der Waals surface area (Å²) >= 11 is 0. The summed E-state index contributed by atoms with van der Waals surface area (Å²) < 4.78 is 40.8. The monoisotopic (exact) mass is 394 g/mol. The highest BCUT2D eigenvalue weighted by molar-refractivity contribution is 7.92. The largest absolute Gasteiger partial charge is 0.493 e. The van der Waals surface area contributed by atoms with E-state index < -0.39 is 10.0 Å². The third-order valence-corrected chi connectivity index (χ3v) is 4.21. The molecule has 0 spiro atoms. The van der Waals surface area contributed by atoms with Gasteiger partial charge in [0.2, 0.25) is 15.8 Å². The van der Waals surface area contributed by atoms with Crippen LogP contribution in [-0.4, -0.2) is 41.9 Å². The second-order valence-corrected chi connectivity index (χ2v) is 7.42. The number of methoxy groups -OCH3 is 3. The van der Waals surface area contributed by atoms with Crippen LogP contribution < -0.4 is 24.2 Å². The number of carbonyl (C=O) groups excluding carboxylic acids is 1. The molecule has 0 aliphatic carbocycles. The molecule has 0 radical (unpaired) electrons. The lowest BCUT2D eigenvalue weighted by Gasteiger charge is -2.14. The van der Waals surface area contributed by atoms with E-state index in [1.165, 1.54) is 27.4 Å². The van der Waals surface area contributed by atoms with E-state index in [4.69, 9.17) is 14.2 Å². The van der Waals surface area contributed by atoms with Crippen molar-refractivity contribution in [3.05, 3.63) is 47.5 Å². The van der Waals surface area contributed by atoms with Crippen LogP contribution in [0.1, 0.15) is 15.9 Å². The molecule has 2 aromatic rings. The number of sulfonamides is 1. The molecule has 0 fully saturated rings. The van der Waals surface area contributed by atoms with Crippen LogP contribution in [0.5, 0.6) is 17.2 Å². The van der Waals surface area contributed by atoms with Crippen molar-refractivity contribution in [3.63, 3.8) is 0 Å². The van der Waals surface area contributed by atoms with Crippen LogP contribution in [0, 0.1) is 0 Å². The number of anilines is 1. The maximum Gasteiger partial charge on any atom is 0.251 e. The van der Waals surface area contributed by atoms with Crippen LogP contribution in [-0.2, 0) is 16.6 Å². The number of nitrogens with one attached hydrogen (secondary N) is 2. The quantitative estimate of drug-likeness (QED) is 0.710. The molecule has 0 aliphatic heterocycles. The van der Waals surface area contributed by atoms with E-state index in [1.807, 2.05) is 0 Å². The van der Waals surface area contributed by atoms with Crippen LogP contribution in [0.3, 0.4) is 0 Å². The summed E-state index contributed by atoms with van der Waals surface area (Å²) in [5.74, 6) is 1.09. The maximum absolute atomic E-state index is 12.4. The third-order valence-electron chi connectivity index (χ3n) is 3.61. The molecule has 0 saturated heterocycles. The summed E-state index contributed by atoms with van der Waals surface area (Å²) in [7, 11) is 1.12. The molecule has 0 bridgehead atoms. The van der Waals surface area contributed by atoms with Gasteiger partial charge >= 0.3 is 0 Å². The van der Waals surface area contributed by atoms with Gasteiger partial charge in [-0.3, -0.25) is 9.52 Å². The molecule has 9 heteroatoms. The van der Waals surface area contributed by atoms with Gasteiger partial charge < -0.3 is 19.5 Å². The average molecular weight is 394 g/mol. The first kappa shape index (κ1) is 20.4. The molecule has 27 heavy (non-hydrogen) atoms. The van der Waals surface area contributed by atoms with Gasteiger partial charge in [0, 0.05) is 17.8 Å². The molecule has 2 rings (SSSR count). The first-order valence-electron chi connectivity index (χ1n) is 7.92. The van der Waals surface area contributed by atoms with Crippen molar-refractivity contribution in [2.24, 2.45) is 0 Å². The third kappa shape index (κ3) is 5.52. The number of ether oxygens (including phenoxy) is 3. The second-order valence-electron chi connectivity index (χ2n) is 5.67. The highest BCUT2D eigenvalue weighted by Gasteiger charge is 2.14. The molecule has 0 aliphatic rings. The van der Waals surface area contributed by atoms with Crippen molar-refractivity contribution in [2.45, 2.75) is 6.54 Å². The zero-order valence-corrected chi connectivity index (χ0v) is 16.3.